The van der Waals surface area contributed by atoms with Crippen molar-refractivity contribution in [3.05, 3.63) is 36.3 Å². The molecule has 17 heavy (non-hydrogen) atoms. The van der Waals surface area contributed by atoms with E-state index in [1.54, 1.807) is 19.1 Å². The summed E-state index contributed by atoms with van der Waals surface area (Å²) in [6.45, 7) is 9.00. The zero-order chi connectivity index (χ0) is 12.9. The molecule has 1 aliphatic rings. The highest BCUT2D eigenvalue weighted by molar-refractivity contribution is 8.04. The second-order valence-corrected chi connectivity index (χ2v) is 4.75. The molecule has 0 radical (unpaired) electrons. The molecule has 1 heterocycles. The maximum Gasteiger partial charge on any atom is 0.321 e. The zero-order valence-electron chi connectivity index (χ0n) is 9.90. The SMILES string of the molecule is C=CCOC(=O)C1(CC=C)CS/C(=C\C)C1=O. The Morgan fingerprint density at radius 2 is 2.24 bits per heavy atom. The standard InChI is InChI=1S/C13H16O3S/c1-4-7-13(12(15)16-8-5-2)9-17-10(6-3)11(13)14/h4-6H,1-2,7-9H2,3H3/b10-6-. The van der Waals surface area contributed by atoms with Crippen molar-refractivity contribution in [1.82, 2.24) is 0 Å². The number of thioether (sulfide) groups is 1. The Labute approximate surface area is 106 Å². The fraction of sp³-hybridized carbons (Fsp3) is 0.385. The highest BCUT2D eigenvalue weighted by Gasteiger charge is 2.51. The number of carbonyl (C=O) groups is 2. The molecular weight excluding hydrogens is 236 g/mol. The molecule has 0 aromatic carbocycles. The van der Waals surface area contributed by atoms with Crippen LogP contribution in [0.25, 0.3) is 0 Å². The van der Waals surface area contributed by atoms with Gasteiger partial charge in [-0.3, -0.25) is 9.59 Å². The Balaban J connectivity index is 2.98. The van der Waals surface area contributed by atoms with E-state index in [0.717, 1.165) is 0 Å². The molecule has 1 unspecified atom stereocenters. The predicted molar refractivity (Wildman–Crippen MR) is 69.6 cm³/mol. The second-order valence-electron chi connectivity index (χ2n) is 3.73. The summed E-state index contributed by atoms with van der Waals surface area (Å²) in [5, 5.41) is 0. The number of Topliss-reactive ketones (excluding diaryl/α,β-unsaturated/α-hetero) is 1. The van der Waals surface area contributed by atoms with E-state index < -0.39 is 11.4 Å². The summed E-state index contributed by atoms with van der Waals surface area (Å²) in [6.07, 6.45) is 5.12. The number of allylic oxidation sites excluding steroid dienone is 3. The molecule has 0 aromatic heterocycles. The number of rotatable bonds is 5. The Morgan fingerprint density at radius 3 is 2.71 bits per heavy atom. The normalized spacial score (nSPS) is 25.9. The third kappa shape index (κ3) is 2.52. The van der Waals surface area contributed by atoms with Crippen molar-refractivity contribution in [1.29, 1.82) is 0 Å². The third-order valence-electron chi connectivity index (χ3n) is 2.61. The van der Waals surface area contributed by atoms with Gasteiger partial charge in [-0.05, 0) is 13.3 Å². The van der Waals surface area contributed by atoms with Gasteiger partial charge in [0.15, 0.2) is 5.78 Å². The molecule has 0 aromatic rings. The van der Waals surface area contributed by atoms with Gasteiger partial charge in [-0.15, -0.1) is 18.3 Å². The molecule has 0 N–H and O–H groups in total. The van der Waals surface area contributed by atoms with Crippen molar-refractivity contribution in [2.45, 2.75) is 13.3 Å². The maximum absolute atomic E-state index is 12.2. The molecule has 1 atom stereocenters. The van der Waals surface area contributed by atoms with Gasteiger partial charge < -0.3 is 4.74 Å². The first-order valence-electron chi connectivity index (χ1n) is 5.35. The Hall–Kier alpha value is -1.29. The van der Waals surface area contributed by atoms with E-state index in [-0.39, 0.29) is 12.4 Å². The molecular formula is C13H16O3S. The van der Waals surface area contributed by atoms with Crippen LogP contribution in [0, 0.1) is 5.41 Å². The van der Waals surface area contributed by atoms with Gasteiger partial charge >= 0.3 is 5.97 Å². The summed E-state index contributed by atoms with van der Waals surface area (Å²) < 4.78 is 5.03. The van der Waals surface area contributed by atoms with Crippen LogP contribution in [0.4, 0.5) is 0 Å². The summed E-state index contributed by atoms with van der Waals surface area (Å²) in [4.78, 5) is 24.8. The molecule has 1 fully saturated rings. The van der Waals surface area contributed by atoms with Crippen molar-refractivity contribution < 1.29 is 14.3 Å². The fourth-order valence-corrected chi connectivity index (χ4v) is 2.95. The lowest BCUT2D eigenvalue weighted by Crippen LogP contribution is -2.39. The van der Waals surface area contributed by atoms with Gasteiger partial charge in [0.1, 0.15) is 12.0 Å². The van der Waals surface area contributed by atoms with Gasteiger partial charge in [-0.25, -0.2) is 0 Å². The van der Waals surface area contributed by atoms with Crippen molar-refractivity contribution in [3.63, 3.8) is 0 Å². The number of hydrogen-bond acceptors (Lipinski definition) is 4. The first kappa shape index (κ1) is 13.8. The average Bonchev–Trinajstić information content (AvgIpc) is 2.65. The van der Waals surface area contributed by atoms with Crippen LogP contribution in [-0.4, -0.2) is 24.1 Å². The lowest BCUT2D eigenvalue weighted by Gasteiger charge is -2.22. The summed E-state index contributed by atoms with van der Waals surface area (Å²) >= 11 is 1.40. The molecule has 1 aliphatic heterocycles. The van der Waals surface area contributed by atoms with Crippen LogP contribution in [0.2, 0.25) is 0 Å². The quantitative estimate of drug-likeness (QED) is 0.326. The molecule has 0 aliphatic carbocycles. The molecule has 1 saturated heterocycles. The second kappa shape index (κ2) is 5.87. The largest absolute Gasteiger partial charge is 0.461 e. The van der Waals surface area contributed by atoms with Crippen LogP contribution in [-0.2, 0) is 14.3 Å². The molecule has 3 nitrogen and oxygen atoms in total. The van der Waals surface area contributed by atoms with E-state index in [0.29, 0.717) is 17.1 Å². The zero-order valence-corrected chi connectivity index (χ0v) is 10.7. The van der Waals surface area contributed by atoms with E-state index in [4.69, 9.17) is 4.74 Å². The first-order chi connectivity index (χ1) is 8.12. The molecule has 92 valence electrons. The van der Waals surface area contributed by atoms with E-state index in [9.17, 15) is 9.59 Å². The van der Waals surface area contributed by atoms with Crippen LogP contribution >= 0.6 is 11.8 Å². The average molecular weight is 252 g/mol. The first-order valence-corrected chi connectivity index (χ1v) is 6.34. The number of esters is 1. The van der Waals surface area contributed by atoms with Gasteiger partial charge in [0.25, 0.3) is 0 Å². The summed E-state index contributed by atoms with van der Waals surface area (Å²) in [6, 6.07) is 0. The smallest absolute Gasteiger partial charge is 0.321 e. The Kier molecular flexibility index (Phi) is 4.75. The molecule has 1 rings (SSSR count). The van der Waals surface area contributed by atoms with Crippen molar-refractivity contribution in [3.8, 4) is 0 Å². The Bertz CT molecular complexity index is 384. The van der Waals surface area contributed by atoms with Crippen LogP contribution < -0.4 is 0 Å². The summed E-state index contributed by atoms with van der Waals surface area (Å²) in [7, 11) is 0. The summed E-state index contributed by atoms with van der Waals surface area (Å²) in [5.41, 5.74) is -1.09. The number of ketones is 1. The predicted octanol–water partition coefficient (Wildman–Crippen LogP) is 2.50. The minimum Gasteiger partial charge on any atom is -0.461 e. The van der Waals surface area contributed by atoms with Gasteiger partial charge in [0, 0.05) is 10.7 Å². The van der Waals surface area contributed by atoms with Crippen LogP contribution in [0.15, 0.2) is 36.3 Å². The third-order valence-corrected chi connectivity index (χ3v) is 3.98. The maximum atomic E-state index is 12.2. The van der Waals surface area contributed by atoms with Crippen molar-refractivity contribution in [2.24, 2.45) is 5.41 Å². The Morgan fingerprint density at radius 1 is 1.53 bits per heavy atom. The lowest BCUT2D eigenvalue weighted by atomic mass is 9.82. The lowest BCUT2D eigenvalue weighted by molar-refractivity contribution is -0.156. The molecule has 0 spiro atoms. The van der Waals surface area contributed by atoms with Crippen LogP contribution in [0.3, 0.4) is 0 Å². The van der Waals surface area contributed by atoms with Crippen molar-refractivity contribution >= 4 is 23.5 Å². The monoisotopic (exact) mass is 252 g/mol. The number of hydrogen-bond donors (Lipinski definition) is 0. The fourth-order valence-electron chi connectivity index (χ4n) is 1.69. The summed E-state index contributed by atoms with van der Waals surface area (Å²) in [5.74, 6) is -0.210. The van der Waals surface area contributed by atoms with Crippen LogP contribution in [0.1, 0.15) is 13.3 Å². The van der Waals surface area contributed by atoms with Gasteiger partial charge in [-0.2, -0.15) is 0 Å². The molecule has 4 heteroatoms. The minimum atomic E-state index is -1.09. The van der Waals surface area contributed by atoms with Gasteiger partial charge in [-0.1, -0.05) is 24.8 Å². The van der Waals surface area contributed by atoms with Crippen molar-refractivity contribution in [2.75, 3.05) is 12.4 Å². The number of carbonyl (C=O) groups excluding carboxylic acids is 2. The number of ether oxygens (including phenoxy) is 1. The molecule has 0 amide bonds. The van der Waals surface area contributed by atoms with E-state index >= 15 is 0 Å². The molecule has 0 bridgehead atoms. The minimum absolute atomic E-state index is 0.126. The van der Waals surface area contributed by atoms with Gasteiger partial charge in [0.2, 0.25) is 0 Å². The highest BCUT2D eigenvalue weighted by atomic mass is 32.2. The topological polar surface area (TPSA) is 43.4 Å². The van der Waals surface area contributed by atoms with E-state index in [2.05, 4.69) is 13.2 Å². The highest BCUT2D eigenvalue weighted by Crippen LogP contribution is 2.44. The van der Waals surface area contributed by atoms with Crippen LogP contribution in [0.5, 0.6) is 0 Å². The van der Waals surface area contributed by atoms with E-state index in [1.165, 1.54) is 17.8 Å². The molecule has 0 saturated carbocycles. The van der Waals surface area contributed by atoms with Gasteiger partial charge in [0.05, 0.1) is 0 Å². The van der Waals surface area contributed by atoms with E-state index in [1.807, 2.05) is 0 Å².